The fraction of sp³-hybridized carbons (Fsp3) is 1.00. The lowest BCUT2D eigenvalue weighted by Crippen LogP contribution is -2.24. The van der Waals surface area contributed by atoms with E-state index in [4.69, 9.17) is 0 Å². The van der Waals surface area contributed by atoms with Crippen LogP contribution in [-0.4, -0.2) is 55.2 Å². The molecule has 1 aliphatic rings. The number of hydrogen-bond donors (Lipinski definition) is 0. The van der Waals surface area contributed by atoms with Gasteiger partial charge in [0.15, 0.2) is 0 Å². The first-order valence-electron chi connectivity index (χ1n) is 4.24. The van der Waals surface area contributed by atoms with Crippen molar-refractivity contribution >= 4 is 11.8 Å². The molecule has 0 amide bonds. The van der Waals surface area contributed by atoms with Crippen LogP contribution in [-0.2, 0) is 0 Å². The molecule has 0 N–H and O–H groups in total. The Kier molecular flexibility index (Phi) is 4.26. The molecule has 11 heavy (non-hydrogen) atoms. The number of thioether (sulfide) groups is 1. The molecule has 0 aliphatic carbocycles. The third-order valence-electron chi connectivity index (χ3n) is 1.91. The van der Waals surface area contributed by atoms with Crippen molar-refractivity contribution in [2.24, 2.45) is 0 Å². The lowest BCUT2D eigenvalue weighted by Gasteiger charge is -2.15. The van der Waals surface area contributed by atoms with Crippen LogP contribution in [0.25, 0.3) is 0 Å². The molecule has 0 radical (unpaired) electrons. The van der Waals surface area contributed by atoms with Crippen LogP contribution in [0.5, 0.6) is 0 Å². The van der Waals surface area contributed by atoms with Gasteiger partial charge in [-0.25, -0.2) is 0 Å². The maximum absolute atomic E-state index is 2.54. The summed E-state index contributed by atoms with van der Waals surface area (Å²) in [7, 11) is 4.28. The molecule has 1 fully saturated rings. The molecular formula is C8H18N2S. The van der Waals surface area contributed by atoms with Gasteiger partial charge in [-0.3, -0.25) is 4.90 Å². The van der Waals surface area contributed by atoms with Crippen molar-refractivity contribution in [1.82, 2.24) is 9.80 Å². The van der Waals surface area contributed by atoms with Crippen LogP contribution < -0.4 is 0 Å². The summed E-state index contributed by atoms with van der Waals surface area (Å²) in [4.78, 5) is 4.79. The number of nitrogens with zero attached hydrogens (tertiary/aromatic N) is 2. The van der Waals surface area contributed by atoms with E-state index >= 15 is 0 Å². The first-order chi connectivity index (χ1) is 5.29. The maximum Gasteiger partial charge on any atom is 0.0445 e. The monoisotopic (exact) mass is 174 g/mol. The van der Waals surface area contributed by atoms with E-state index in [0.717, 1.165) is 0 Å². The summed E-state index contributed by atoms with van der Waals surface area (Å²) in [6.07, 6.45) is 1.31. The van der Waals surface area contributed by atoms with Gasteiger partial charge in [0.25, 0.3) is 0 Å². The predicted molar refractivity (Wildman–Crippen MR) is 52.1 cm³/mol. The summed E-state index contributed by atoms with van der Waals surface area (Å²) in [5, 5.41) is 0. The third-order valence-corrected chi connectivity index (χ3v) is 2.92. The summed E-state index contributed by atoms with van der Waals surface area (Å²) >= 11 is 2.05. The molecule has 0 saturated carbocycles. The minimum atomic E-state index is 1.22. The van der Waals surface area contributed by atoms with Crippen molar-refractivity contribution in [1.29, 1.82) is 0 Å². The standard InChI is InChI=1S/C8H18N2S/c1-9(2)4-3-5-10-6-7-11-8-10/h3-8H2,1-2H3. The van der Waals surface area contributed by atoms with E-state index < -0.39 is 0 Å². The highest BCUT2D eigenvalue weighted by molar-refractivity contribution is 7.99. The Morgan fingerprint density at radius 2 is 2.27 bits per heavy atom. The van der Waals surface area contributed by atoms with Crippen molar-refractivity contribution in [2.75, 3.05) is 45.4 Å². The fourth-order valence-corrected chi connectivity index (χ4v) is 2.27. The van der Waals surface area contributed by atoms with Gasteiger partial charge in [0.1, 0.15) is 0 Å². The second-order valence-electron chi connectivity index (χ2n) is 3.31. The normalized spacial score (nSPS) is 19.9. The van der Waals surface area contributed by atoms with Crippen molar-refractivity contribution < 1.29 is 0 Å². The van der Waals surface area contributed by atoms with Crippen LogP contribution in [0, 0.1) is 0 Å². The van der Waals surface area contributed by atoms with E-state index in [2.05, 4.69) is 35.7 Å². The van der Waals surface area contributed by atoms with Gasteiger partial charge in [-0.1, -0.05) is 0 Å². The van der Waals surface area contributed by atoms with Gasteiger partial charge < -0.3 is 4.90 Å². The quantitative estimate of drug-likeness (QED) is 0.626. The summed E-state index contributed by atoms with van der Waals surface area (Å²) in [5.74, 6) is 2.59. The van der Waals surface area contributed by atoms with Gasteiger partial charge in [-0.05, 0) is 27.1 Å². The van der Waals surface area contributed by atoms with Crippen LogP contribution >= 0.6 is 11.8 Å². The highest BCUT2D eigenvalue weighted by Crippen LogP contribution is 2.12. The smallest absolute Gasteiger partial charge is 0.0445 e. The molecule has 0 spiro atoms. The van der Waals surface area contributed by atoms with Gasteiger partial charge in [-0.15, -0.1) is 11.8 Å². The van der Waals surface area contributed by atoms with Crippen molar-refractivity contribution in [2.45, 2.75) is 6.42 Å². The summed E-state index contributed by atoms with van der Waals surface area (Å²) in [5.41, 5.74) is 0. The average molecular weight is 174 g/mol. The third kappa shape index (κ3) is 3.99. The zero-order chi connectivity index (χ0) is 8.10. The average Bonchev–Trinajstić information content (AvgIpc) is 2.39. The molecule has 0 unspecified atom stereocenters. The van der Waals surface area contributed by atoms with Gasteiger partial charge >= 0.3 is 0 Å². The van der Waals surface area contributed by atoms with Crippen molar-refractivity contribution in [3.8, 4) is 0 Å². The Balaban J connectivity index is 1.94. The molecule has 0 aromatic rings. The molecule has 0 aromatic carbocycles. The maximum atomic E-state index is 2.54. The van der Waals surface area contributed by atoms with Crippen molar-refractivity contribution in [3.05, 3.63) is 0 Å². The summed E-state index contributed by atoms with van der Waals surface area (Å²) in [6.45, 7) is 3.81. The molecule has 2 nitrogen and oxygen atoms in total. The molecule has 0 bridgehead atoms. The first kappa shape index (κ1) is 9.36. The Morgan fingerprint density at radius 1 is 1.45 bits per heavy atom. The molecule has 1 rings (SSSR count). The molecule has 0 atom stereocenters. The van der Waals surface area contributed by atoms with E-state index in [1.165, 1.54) is 37.7 Å². The Morgan fingerprint density at radius 3 is 2.82 bits per heavy atom. The predicted octanol–water partition coefficient (Wildman–Crippen LogP) is 0.944. The second kappa shape index (κ2) is 5.01. The van der Waals surface area contributed by atoms with E-state index in [1.807, 2.05) is 0 Å². The van der Waals surface area contributed by atoms with Crippen LogP contribution in [0.4, 0.5) is 0 Å². The molecule has 66 valence electrons. The lowest BCUT2D eigenvalue weighted by atomic mass is 10.4. The zero-order valence-electron chi connectivity index (χ0n) is 7.55. The van der Waals surface area contributed by atoms with E-state index in [0.29, 0.717) is 0 Å². The lowest BCUT2D eigenvalue weighted by molar-refractivity contribution is 0.313. The van der Waals surface area contributed by atoms with Crippen LogP contribution in [0.15, 0.2) is 0 Å². The summed E-state index contributed by atoms with van der Waals surface area (Å²) in [6, 6.07) is 0. The van der Waals surface area contributed by atoms with Crippen molar-refractivity contribution in [3.63, 3.8) is 0 Å². The van der Waals surface area contributed by atoms with E-state index in [9.17, 15) is 0 Å². The molecule has 3 heteroatoms. The fourth-order valence-electron chi connectivity index (χ4n) is 1.24. The molecular weight excluding hydrogens is 156 g/mol. The molecule has 1 saturated heterocycles. The van der Waals surface area contributed by atoms with Gasteiger partial charge in [-0.2, -0.15) is 0 Å². The van der Waals surface area contributed by atoms with E-state index in [-0.39, 0.29) is 0 Å². The Labute approximate surface area is 73.9 Å². The highest BCUT2D eigenvalue weighted by atomic mass is 32.2. The van der Waals surface area contributed by atoms with Gasteiger partial charge in [0.2, 0.25) is 0 Å². The minimum Gasteiger partial charge on any atom is -0.309 e. The van der Waals surface area contributed by atoms with Crippen LogP contribution in [0.2, 0.25) is 0 Å². The van der Waals surface area contributed by atoms with Crippen LogP contribution in [0.3, 0.4) is 0 Å². The molecule has 1 aliphatic heterocycles. The molecule has 0 aromatic heterocycles. The Hall–Kier alpha value is 0.270. The topological polar surface area (TPSA) is 6.48 Å². The zero-order valence-corrected chi connectivity index (χ0v) is 8.36. The minimum absolute atomic E-state index is 1.22. The number of rotatable bonds is 4. The highest BCUT2D eigenvalue weighted by Gasteiger charge is 2.10. The van der Waals surface area contributed by atoms with Gasteiger partial charge in [0, 0.05) is 24.7 Å². The Bertz CT molecular complexity index is 100. The number of hydrogen-bond acceptors (Lipinski definition) is 3. The van der Waals surface area contributed by atoms with Crippen LogP contribution in [0.1, 0.15) is 6.42 Å². The molecule has 1 heterocycles. The van der Waals surface area contributed by atoms with Gasteiger partial charge in [0.05, 0.1) is 0 Å². The largest absolute Gasteiger partial charge is 0.309 e. The van der Waals surface area contributed by atoms with E-state index in [1.54, 1.807) is 0 Å². The second-order valence-corrected chi connectivity index (χ2v) is 4.39. The first-order valence-corrected chi connectivity index (χ1v) is 5.39. The SMILES string of the molecule is CN(C)CCCN1CCSC1. The summed E-state index contributed by atoms with van der Waals surface area (Å²) < 4.78 is 0.